The summed E-state index contributed by atoms with van der Waals surface area (Å²) in [6.07, 6.45) is 1.51. The normalized spacial score (nSPS) is 21.0. The van der Waals surface area contributed by atoms with E-state index in [-0.39, 0.29) is 11.8 Å². The number of piperazine rings is 1. The fraction of sp³-hybridized carbons (Fsp3) is 0.619. The third-order valence-corrected chi connectivity index (χ3v) is 6.02. The molecule has 0 N–H and O–H groups in total. The maximum absolute atomic E-state index is 12.7. The maximum atomic E-state index is 12.7. The summed E-state index contributed by atoms with van der Waals surface area (Å²) in [6.45, 7) is 8.41. The fourth-order valence-corrected chi connectivity index (χ4v) is 4.26. The largest absolute Gasteiger partial charge is 0.378 e. The number of nitrogens with zero attached hydrogens (tertiary/aromatic N) is 4. The molecule has 3 aliphatic rings. The number of fused-ring (bicyclic) bond motifs is 1. The van der Waals surface area contributed by atoms with Gasteiger partial charge in [-0.3, -0.25) is 14.5 Å². The van der Waals surface area contributed by atoms with Crippen molar-refractivity contribution < 1.29 is 14.3 Å². The molecule has 0 spiro atoms. The molecular formula is C21H30N4O3. The lowest BCUT2D eigenvalue weighted by Crippen LogP contribution is -2.51. The van der Waals surface area contributed by atoms with Crippen LogP contribution in [0.25, 0.3) is 0 Å². The lowest BCUT2D eigenvalue weighted by Gasteiger charge is -2.36. The second kappa shape index (κ2) is 9.03. The molecule has 7 nitrogen and oxygen atoms in total. The third kappa shape index (κ3) is 4.54. The van der Waals surface area contributed by atoms with Crippen molar-refractivity contribution in [1.82, 2.24) is 14.7 Å². The summed E-state index contributed by atoms with van der Waals surface area (Å²) in [5, 5.41) is 0. The highest BCUT2D eigenvalue weighted by Gasteiger charge is 2.26. The van der Waals surface area contributed by atoms with E-state index in [9.17, 15) is 9.59 Å². The minimum atomic E-state index is 0.208. The average Bonchev–Trinajstić information content (AvgIpc) is 3.18. The molecule has 1 aromatic carbocycles. The number of amides is 2. The zero-order valence-corrected chi connectivity index (χ0v) is 16.5. The maximum Gasteiger partial charge on any atom is 0.236 e. The fourth-order valence-electron chi connectivity index (χ4n) is 4.26. The van der Waals surface area contributed by atoms with E-state index in [0.717, 1.165) is 51.4 Å². The first-order valence-corrected chi connectivity index (χ1v) is 10.4. The first-order valence-electron chi connectivity index (χ1n) is 10.4. The highest BCUT2D eigenvalue weighted by atomic mass is 16.5. The number of ether oxygens (including phenoxy) is 1. The Hall–Kier alpha value is -1.96. The number of carbonyl (C=O) groups is 2. The van der Waals surface area contributed by atoms with Crippen molar-refractivity contribution in [3.63, 3.8) is 0 Å². The van der Waals surface area contributed by atoms with Gasteiger partial charge in [-0.1, -0.05) is 18.2 Å². The van der Waals surface area contributed by atoms with Crippen molar-refractivity contribution in [2.45, 2.75) is 12.8 Å². The number of rotatable bonds is 5. The third-order valence-electron chi connectivity index (χ3n) is 6.02. The molecule has 1 aromatic rings. The van der Waals surface area contributed by atoms with Gasteiger partial charge >= 0.3 is 0 Å². The number of benzene rings is 1. The zero-order chi connectivity index (χ0) is 19.3. The SMILES string of the molecule is O=C(CN1CCN(CCC(=O)N2CCc3ccccc32)CC1)N1CCOCC1. The first kappa shape index (κ1) is 19.4. The van der Waals surface area contributed by atoms with Crippen LogP contribution in [0.15, 0.2) is 24.3 Å². The van der Waals surface area contributed by atoms with Crippen LogP contribution in [0.5, 0.6) is 0 Å². The van der Waals surface area contributed by atoms with Crippen molar-refractivity contribution in [3.05, 3.63) is 29.8 Å². The van der Waals surface area contributed by atoms with Crippen molar-refractivity contribution in [2.24, 2.45) is 0 Å². The van der Waals surface area contributed by atoms with Gasteiger partial charge in [-0.15, -0.1) is 0 Å². The van der Waals surface area contributed by atoms with E-state index in [0.29, 0.717) is 39.3 Å². The van der Waals surface area contributed by atoms with E-state index in [2.05, 4.69) is 15.9 Å². The summed E-state index contributed by atoms with van der Waals surface area (Å²) >= 11 is 0. The molecule has 152 valence electrons. The van der Waals surface area contributed by atoms with Crippen molar-refractivity contribution in [3.8, 4) is 0 Å². The Labute approximate surface area is 166 Å². The molecule has 0 unspecified atom stereocenters. The minimum absolute atomic E-state index is 0.208. The van der Waals surface area contributed by atoms with Crippen molar-refractivity contribution in [1.29, 1.82) is 0 Å². The van der Waals surface area contributed by atoms with Crippen LogP contribution in [0.4, 0.5) is 5.69 Å². The van der Waals surface area contributed by atoms with Crippen LogP contribution in [-0.4, -0.2) is 98.6 Å². The van der Waals surface area contributed by atoms with Gasteiger partial charge in [-0.05, 0) is 18.1 Å². The second-order valence-corrected chi connectivity index (χ2v) is 7.79. The van der Waals surface area contributed by atoms with Gasteiger partial charge in [0, 0.05) is 64.5 Å². The summed E-state index contributed by atoms with van der Waals surface area (Å²) in [7, 11) is 0. The summed E-state index contributed by atoms with van der Waals surface area (Å²) in [4.78, 5) is 33.5. The Morgan fingerprint density at radius 2 is 1.57 bits per heavy atom. The molecule has 4 rings (SSSR count). The van der Waals surface area contributed by atoms with Gasteiger partial charge in [0.1, 0.15) is 0 Å². The molecule has 2 fully saturated rings. The Morgan fingerprint density at radius 1 is 0.857 bits per heavy atom. The first-order chi connectivity index (χ1) is 13.7. The summed E-state index contributed by atoms with van der Waals surface area (Å²) in [6, 6.07) is 8.20. The topological polar surface area (TPSA) is 56.3 Å². The second-order valence-electron chi connectivity index (χ2n) is 7.79. The number of hydrogen-bond acceptors (Lipinski definition) is 5. The molecule has 3 heterocycles. The Kier molecular flexibility index (Phi) is 6.24. The molecule has 28 heavy (non-hydrogen) atoms. The number of para-hydroxylation sites is 1. The van der Waals surface area contributed by atoms with Gasteiger partial charge < -0.3 is 19.4 Å². The molecule has 2 saturated heterocycles. The molecule has 0 bridgehead atoms. The number of anilines is 1. The molecule has 0 aliphatic carbocycles. The summed E-state index contributed by atoms with van der Waals surface area (Å²) in [5.41, 5.74) is 2.35. The Bertz CT molecular complexity index is 697. The summed E-state index contributed by atoms with van der Waals surface area (Å²) in [5.74, 6) is 0.425. The van der Waals surface area contributed by atoms with Crippen LogP contribution in [0.3, 0.4) is 0 Å². The van der Waals surface area contributed by atoms with Gasteiger partial charge in [0.25, 0.3) is 0 Å². The zero-order valence-electron chi connectivity index (χ0n) is 16.5. The highest BCUT2D eigenvalue weighted by molar-refractivity contribution is 5.95. The molecular weight excluding hydrogens is 356 g/mol. The lowest BCUT2D eigenvalue weighted by molar-refractivity contribution is -0.136. The van der Waals surface area contributed by atoms with Crippen LogP contribution in [0.1, 0.15) is 12.0 Å². The standard InChI is InChI=1S/C21H30N4O3/c26-20(25-8-5-18-3-1-2-4-19(18)25)6-7-22-9-11-23(12-10-22)17-21(27)24-13-15-28-16-14-24/h1-4H,5-17H2. The van der Waals surface area contributed by atoms with E-state index in [1.807, 2.05) is 28.0 Å². The number of morpholine rings is 1. The smallest absolute Gasteiger partial charge is 0.236 e. The highest BCUT2D eigenvalue weighted by Crippen LogP contribution is 2.27. The van der Waals surface area contributed by atoms with Gasteiger partial charge in [-0.25, -0.2) is 0 Å². The monoisotopic (exact) mass is 386 g/mol. The van der Waals surface area contributed by atoms with E-state index in [1.165, 1.54) is 5.56 Å². The predicted molar refractivity (Wildman–Crippen MR) is 107 cm³/mol. The van der Waals surface area contributed by atoms with E-state index in [1.54, 1.807) is 0 Å². The molecule has 3 aliphatic heterocycles. The minimum Gasteiger partial charge on any atom is -0.378 e. The van der Waals surface area contributed by atoms with Crippen molar-refractivity contribution in [2.75, 3.05) is 77.0 Å². The number of carbonyl (C=O) groups excluding carboxylic acids is 2. The molecule has 0 atom stereocenters. The molecule has 0 saturated carbocycles. The predicted octanol–water partition coefficient (Wildman–Crippen LogP) is 0.442. The van der Waals surface area contributed by atoms with Crippen LogP contribution < -0.4 is 4.90 Å². The van der Waals surface area contributed by atoms with Gasteiger partial charge in [0.15, 0.2) is 0 Å². The molecule has 0 aromatic heterocycles. The Morgan fingerprint density at radius 3 is 2.36 bits per heavy atom. The number of hydrogen-bond donors (Lipinski definition) is 0. The van der Waals surface area contributed by atoms with Gasteiger partial charge in [0.2, 0.25) is 11.8 Å². The van der Waals surface area contributed by atoms with Gasteiger partial charge in [-0.2, -0.15) is 0 Å². The summed E-state index contributed by atoms with van der Waals surface area (Å²) < 4.78 is 5.31. The molecule has 2 amide bonds. The van der Waals surface area contributed by atoms with Crippen molar-refractivity contribution >= 4 is 17.5 Å². The van der Waals surface area contributed by atoms with Crippen LogP contribution >= 0.6 is 0 Å². The van der Waals surface area contributed by atoms with E-state index >= 15 is 0 Å². The van der Waals surface area contributed by atoms with Gasteiger partial charge in [0.05, 0.1) is 19.8 Å². The van der Waals surface area contributed by atoms with E-state index < -0.39 is 0 Å². The van der Waals surface area contributed by atoms with Crippen LogP contribution in [0, 0.1) is 0 Å². The average molecular weight is 386 g/mol. The van der Waals surface area contributed by atoms with Crippen LogP contribution in [0.2, 0.25) is 0 Å². The van der Waals surface area contributed by atoms with E-state index in [4.69, 9.17) is 4.74 Å². The molecule has 7 heteroatoms. The Balaban J connectivity index is 1.18. The lowest BCUT2D eigenvalue weighted by atomic mass is 10.2. The van der Waals surface area contributed by atoms with Crippen LogP contribution in [-0.2, 0) is 20.7 Å². The quantitative estimate of drug-likeness (QED) is 0.735. The molecule has 0 radical (unpaired) electrons.